The number of amides is 1. The Morgan fingerprint density at radius 2 is 2.46 bits per heavy atom. The third-order valence-corrected chi connectivity index (χ3v) is 2.30. The van der Waals surface area contributed by atoms with E-state index in [1.807, 2.05) is 0 Å². The Labute approximate surface area is 80.6 Å². The summed E-state index contributed by atoms with van der Waals surface area (Å²) in [6.45, 7) is 0.785. The molecule has 4 nitrogen and oxygen atoms in total. The molecule has 0 bridgehead atoms. The first-order valence-electron chi connectivity index (χ1n) is 4.12. The Morgan fingerprint density at radius 1 is 1.62 bits per heavy atom. The lowest BCUT2D eigenvalue weighted by molar-refractivity contribution is 0.0956. The van der Waals surface area contributed by atoms with Crippen LogP contribution < -0.4 is 5.32 Å². The highest BCUT2D eigenvalue weighted by Crippen LogP contribution is 2.04. The minimum atomic E-state index is -0.0829. The van der Waals surface area contributed by atoms with E-state index < -0.39 is 0 Å². The van der Waals surface area contributed by atoms with Crippen LogP contribution in [0.15, 0.2) is 11.7 Å². The molecular formula is C8H12N2O2S. The smallest absolute Gasteiger partial charge is 0.262 e. The SMILES string of the molecule is O=C(NCCCCO)c1cncs1. The van der Waals surface area contributed by atoms with Crippen LogP contribution in [0.4, 0.5) is 0 Å². The van der Waals surface area contributed by atoms with Crippen LogP contribution in [0.25, 0.3) is 0 Å². The van der Waals surface area contributed by atoms with Crippen LogP contribution in [-0.4, -0.2) is 29.1 Å². The molecule has 1 aromatic rings. The molecular weight excluding hydrogens is 188 g/mol. The zero-order valence-electron chi connectivity index (χ0n) is 7.19. The van der Waals surface area contributed by atoms with Crippen LogP contribution in [0.1, 0.15) is 22.5 Å². The van der Waals surface area contributed by atoms with E-state index in [0.29, 0.717) is 11.4 Å². The maximum absolute atomic E-state index is 11.3. The van der Waals surface area contributed by atoms with E-state index in [9.17, 15) is 4.79 Å². The molecule has 1 aromatic heterocycles. The van der Waals surface area contributed by atoms with Gasteiger partial charge in [-0.25, -0.2) is 0 Å². The summed E-state index contributed by atoms with van der Waals surface area (Å²) in [5, 5.41) is 11.2. The zero-order valence-corrected chi connectivity index (χ0v) is 8.01. The highest BCUT2D eigenvalue weighted by Gasteiger charge is 2.04. The molecule has 0 aliphatic carbocycles. The van der Waals surface area contributed by atoms with E-state index in [-0.39, 0.29) is 12.5 Å². The van der Waals surface area contributed by atoms with Crippen LogP contribution in [0, 0.1) is 0 Å². The fourth-order valence-corrected chi connectivity index (χ4v) is 1.39. The van der Waals surface area contributed by atoms with Crippen molar-refractivity contribution in [2.45, 2.75) is 12.8 Å². The first-order chi connectivity index (χ1) is 6.34. The van der Waals surface area contributed by atoms with Crippen LogP contribution in [0.2, 0.25) is 0 Å². The number of rotatable bonds is 5. The van der Waals surface area contributed by atoms with Crippen molar-refractivity contribution >= 4 is 17.2 Å². The molecule has 0 aromatic carbocycles. The third kappa shape index (κ3) is 3.52. The number of aromatic nitrogens is 1. The standard InChI is InChI=1S/C8H12N2O2S/c11-4-2-1-3-10-8(12)7-5-9-6-13-7/h5-6,11H,1-4H2,(H,10,12). The summed E-state index contributed by atoms with van der Waals surface area (Å²) in [6.07, 6.45) is 3.08. The van der Waals surface area contributed by atoms with E-state index in [0.717, 1.165) is 12.8 Å². The van der Waals surface area contributed by atoms with Crippen LogP contribution in [0.3, 0.4) is 0 Å². The highest BCUT2D eigenvalue weighted by atomic mass is 32.1. The van der Waals surface area contributed by atoms with Crippen molar-refractivity contribution in [2.24, 2.45) is 0 Å². The largest absolute Gasteiger partial charge is 0.396 e. The van der Waals surface area contributed by atoms with E-state index in [1.54, 1.807) is 11.7 Å². The van der Waals surface area contributed by atoms with Gasteiger partial charge in [-0.2, -0.15) is 0 Å². The zero-order chi connectivity index (χ0) is 9.52. The van der Waals surface area contributed by atoms with Crippen molar-refractivity contribution in [1.82, 2.24) is 10.3 Å². The van der Waals surface area contributed by atoms with E-state index >= 15 is 0 Å². The molecule has 0 unspecified atom stereocenters. The second-order valence-corrected chi connectivity index (χ2v) is 3.44. The van der Waals surface area contributed by atoms with Gasteiger partial charge in [-0.1, -0.05) is 0 Å². The van der Waals surface area contributed by atoms with Crippen molar-refractivity contribution in [1.29, 1.82) is 0 Å². The van der Waals surface area contributed by atoms with Crippen molar-refractivity contribution in [2.75, 3.05) is 13.2 Å². The highest BCUT2D eigenvalue weighted by molar-refractivity contribution is 7.11. The topological polar surface area (TPSA) is 62.2 Å². The molecule has 72 valence electrons. The monoisotopic (exact) mass is 200 g/mol. The molecule has 0 fully saturated rings. The minimum absolute atomic E-state index is 0.0829. The van der Waals surface area contributed by atoms with E-state index in [2.05, 4.69) is 10.3 Å². The summed E-state index contributed by atoms with van der Waals surface area (Å²) < 4.78 is 0. The van der Waals surface area contributed by atoms with E-state index in [4.69, 9.17) is 5.11 Å². The third-order valence-electron chi connectivity index (χ3n) is 1.53. The summed E-state index contributed by atoms with van der Waals surface area (Å²) in [4.78, 5) is 15.7. The summed E-state index contributed by atoms with van der Waals surface area (Å²) >= 11 is 1.32. The molecule has 1 amide bonds. The molecule has 0 atom stereocenters. The molecule has 13 heavy (non-hydrogen) atoms. The number of aliphatic hydroxyl groups is 1. The van der Waals surface area contributed by atoms with Gasteiger partial charge in [-0.3, -0.25) is 9.78 Å². The molecule has 0 aliphatic rings. The van der Waals surface area contributed by atoms with Crippen molar-refractivity contribution in [3.8, 4) is 0 Å². The van der Waals surface area contributed by atoms with Gasteiger partial charge in [-0.05, 0) is 12.8 Å². The predicted molar refractivity (Wildman–Crippen MR) is 50.8 cm³/mol. The molecule has 1 rings (SSSR count). The molecule has 0 saturated carbocycles. The quantitative estimate of drug-likeness (QED) is 0.686. The summed E-state index contributed by atoms with van der Waals surface area (Å²) in [7, 11) is 0. The lowest BCUT2D eigenvalue weighted by atomic mass is 10.3. The van der Waals surface area contributed by atoms with Crippen molar-refractivity contribution in [3.05, 3.63) is 16.6 Å². The average Bonchev–Trinajstić information content (AvgIpc) is 2.65. The van der Waals surface area contributed by atoms with E-state index in [1.165, 1.54) is 11.3 Å². The number of carbonyl (C=O) groups is 1. The van der Waals surface area contributed by atoms with Gasteiger partial charge >= 0.3 is 0 Å². The number of carbonyl (C=O) groups excluding carboxylic acids is 1. The number of unbranched alkanes of at least 4 members (excludes halogenated alkanes) is 1. The van der Waals surface area contributed by atoms with Gasteiger partial charge in [0, 0.05) is 13.2 Å². The fraction of sp³-hybridized carbons (Fsp3) is 0.500. The molecule has 5 heteroatoms. The lowest BCUT2D eigenvalue weighted by Gasteiger charge is -2.00. The first-order valence-corrected chi connectivity index (χ1v) is 5.00. The normalized spacial score (nSPS) is 9.92. The first kappa shape index (κ1) is 10.1. The molecule has 1 heterocycles. The average molecular weight is 200 g/mol. The van der Waals surface area contributed by atoms with Crippen LogP contribution in [0.5, 0.6) is 0 Å². The Balaban J connectivity index is 2.19. The second-order valence-electron chi connectivity index (χ2n) is 2.55. The van der Waals surface area contributed by atoms with Crippen LogP contribution >= 0.6 is 11.3 Å². The van der Waals surface area contributed by atoms with Gasteiger partial charge in [0.05, 0.1) is 11.7 Å². The number of hydrogen-bond acceptors (Lipinski definition) is 4. The second kappa shape index (κ2) is 5.66. The Morgan fingerprint density at radius 3 is 3.08 bits per heavy atom. The molecule has 0 radical (unpaired) electrons. The van der Waals surface area contributed by atoms with Crippen LogP contribution in [-0.2, 0) is 0 Å². The minimum Gasteiger partial charge on any atom is -0.396 e. The fourth-order valence-electron chi connectivity index (χ4n) is 0.854. The van der Waals surface area contributed by atoms with Crippen molar-refractivity contribution in [3.63, 3.8) is 0 Å². The van der Waals surface area contributed by atoms with Gasteiger partial charge in [0.15, 0.2) is 0 Å². The molecule has 0 saturated heterocycles. The number of nitrogens with zero attached hydrogens (tertiary/aromatic N) is 1. The van der Waals surface area contributed by atoms with Crippen molar-refractivity contribution < 1.29 is 9.90 Å². The van der Waals surface area contributed by atoms with Gasteiger partial charge in [0.25, 0.3) is 5.91 Å². The number of aliphatic hydroxyl groups excluding tert-OH is 1. The maximum Gasteiger partial charge on any atom is 0.262 e. The number of nitrogens with one attached hydrogen (secondary N) is 1. The predicted octanol–water partition coefficient (Wildman–Crippen LogP) is 0.645. The molecule has 2 N–H and O–H groups in total. The molecule has 0 aliphatic heterocycles. The lowest BCUT2D eigenvalue weighted by Crippen LogP contribution is -2.23. The maximum atomic E-state index is 11.3. The van der Waals surface area contributed by atoms with Gasteiger partial charge in [0.2, 0.25) is 0 Å². The number of thiazole rings is 1. The summed E-state index contributed by atoms with van der Waals surface area (Å²) in [6, 6.07) is 0. The number of hydrogen-bond donors (Lipinski definition) is 2. The summed E-state index contributed by atoms with van der Waals surface area (Å²) in [5.41, 5.74) is 1.63. The van der Waals surface area contributed by atoms with Gasteiger partial charge in [-0.15, -0.1) is 11.3 Å². The summed E-state index contributed by atoms with van der Waals surface area (Å²) in [5.74, 6) is -0.0829. The van der Waals surface area contributed by atoms with Gasteiger partial charge < -0.3 is 10.4 Å². The molecule has 0 spiro atoms. The Kier molecular flexibility index (Phi) is 4.42. The van der Waals surface area contributed by atoms with Gasteiger partial charge in [0.1, 0.15) is 4.88 Å². The Bertz CT molecular complexity index is 249. The Hall–Kier alpha value is -0.940.